The van der Waals surface area contributed by atoms with Crippen molar-refractivity contribution in [1.29, 1.82) is 0 Å². The van der Waals surface area contributed by atoms with Gasteiger partial charge >= 0.3 is 0 Å². The highest BCUT2D eigenvalue weighted by Crippen LogP contribution is 2.33. The Morgan fingerprint density at radius 1 is 1.00 bits per heavy atom. The van der Waals surface area contributed by atoms with Crippen molar-refractivity contribution in [2.24, 2.45) is 0 Å². The molecule has 0 saturated heterocycles. The molecule has 0 bridgehead atoms. The number of methoxy groups -OCH3 is 2. The van der Waals surface area contributed by atoms with Crippen LogP contribution in [0.2, 0.25) is 0 Å². The second kappa shape index (κ2) is 5.32. The van der Waals surface area contributed by atoms with E-state index in [9.17, 15) is 4.79 Å². The number of carbonyl (C=O) groups excluding carboxylic acids is 1. The predicted molar refractivity (Wildman–Crippen MR) is 80.1 cm³/mol. The fraction of sp³-hybridized carbons (Fsp3) is 0.118. The lowest BCUT2D eigenvalue weighted by Crippen LogP contribution is -1.90. The maximum atomic E-state index is 11.3. The van der Waals surface area contributed by atoms with Crippen LogP contribution >= 0.6 is 0 Å². The molecule has 0 unspecified atom stereocenters. The van der Waals surface area contributed by atoms with Crippen LogP contribution in [-0.2, 0) is 0 Å². The van der Waals surface area contributed by atoms with Crippen molar-refractivity contribution in [1.82, 2.24) is 0 Å². The van der Waals surface area contributed by atoms with Crippen molar-refractivity contribution in [2.45, 2.75) is 0 Å². The lowest BCUT2D eigenvalue weighted by Gasteiger charge is -2.02. The first-order valence-electron chi connectivity index (χ1n) is 6.47. The van der Waals surface area contributed by atoms with E-state index in [4.69, 9.17) is 13.9 Å². The lowest BCUT2D eigenvalue weighted by molar-refractivity contribution is 0.112. The van der Waals surface area contributed by atoms with Gasteiger partial charge < -0.3 is 13.9 Å². The van der Waals surface area contributed by atoms with Crippen molar-refractivity contribution < 1.29 is 18.7 Å². The van der Waals surface area contributed by atoms with Crippen LogP contribution in [0.5, 0.6) is 11.5 Å². The van der Waals surface area contributed by atoms with E-state index in [1.165, 1.54) is 0 Å². The van der Waals surface area contributed by atoms with Gasteiger partial charge in [-0.05, 0) is 42.5 Å². The number of aldehydes is 1. The molecule has 0 aliphatic heterocycles. The molecule has 0 atom stereocenters. The molecule has 4 nitrogen and oxygen atoms in total. The number of furan rings is 1. The van der Waals surface area contributed by atoms with Crippen LogP contribution in [0, 0.1) is 0 Å². The highest BCUT2D eigenvalue weighted by Gasteiger charge is 2.13. The topological polar surface area (TPSA) is 48.7 Å². The van der Waals surface area contributed by atoms with E-state index in [0.717, 1.165) is 23.0 Å². The zero-order valence-electron chi connectivity index (χ0n) is 11.8. The molecule has 2 aromatic carbocycles. The molecule has 3 aromatic rings. The standard InChI is InChI=1S/C17H14O4/c1-19-12-5-3-11(4-6-12)17-9-13-14(10-18)15(20-2)7-8-16(13)21-17/h3-10H,1-2H3. The summed E-state index contributed by atoms with van der Waals surface area (Å²) in [5.74, 6) is 2.02. The van der Waals surface area contributed by atoms with E-state index in [-0.39, 0.29) is 0 Å². The number of fused-ring (bicyclic) bond motifs is 1. The minimum absolute atomic E-state index is 0.499. The van der Waals surface area contributed by atoms with E-state index in [0.29, 0.717) is 22.7 Å². The van der Waals surface area contributed by atoms with Gasteiger partial charge in [0.25, 0.3) is 0 Å². The summed E-state index contributed by atoms with van der Waals surface area (Å²) in [5, 5.41) is 0.746. The van der Waals surface area contributed by atoms with Crippen LogP contribution in [0.25, 0.3) is 22.3 Å². The van der Waals surface area contributed by atoms with Crippen LogP contribution in [0.15, 0.2) is 46.9 Å². The first-order chi connectivity index (χ1) is 10.3. The summed E-state index contributed by atoms with van der Waals surface area (Å²) in [4.78, 5) is 11.3. The fourth-order valence-electron chi connectivity index (χ4n) is 2.31. The zero-order chi connectivity index (χ0) is 14.8. The van der Waals surface area contributed by atoms with Gasteiger partial charge in [-0.3, -0.25) is 4.79 Å². The third kappa shape index (κ3) is 2.25. The zero-order valence-corrected chi connectivity index (χ0v) is 11.8. The van der Waals surface area contributed by atoms with Crippen molar-refractivity contribution in [2.75, 3.05) is 14.2 Å². The van der Waals surface area contributed by atoms with Crippen LogP contribution in [-0.4, -0.2) is 20.5 Å². The Morgan fingerprint density at radius 3 is 2.38 bits per heavy atom. The molecular formula is C17H14O4. The molecule has 3 rings (SSSR count). The van der Waals surface area contributed by atoms with Crippen LogP contribution in [0.3, 0.4) is 0 Å². The molecule has 1 heterocycles. The Kier molecular flexibility index (Phi) is 3.36. The molecule has 4 heteroatoms. The van der Waals surface area contributed by atoms with E-state index >= 15 is 0 Å². The molecule has 21 heavy (non-hydrogen) atoms. The molecule has 0 fully saturated rings. The molecule has 1 aromatic heterocycles. The van der Waals surface area contributed by atoms with E-state index in [2.05, 4.69) is 0 Å². The molecule has 0 aliphatic carbocycles. The number of benzene rings is 2. The van der Waals surface area contributed by atoms with Crippen molar-refractivity contribution >= 4 is 17.3 Å². The SMILES string of the molecule is COc1ccc(-c2cc3c(C=O)c(OC)ccc3o2)cc1. The minimum Gasteiger partial charge on any atom is -0.497 e. The normalized spacial score (nSPS) is 10.6. The molecular weight excluding hydrogens is 268 g/mol. The minimum atomic E-state index is 0.499. The van der Waals surface area contributed by atoms with Gasteiger partial charge in [-0.25, -0.2) is 0 Å². The van der Waals surface area contributed by atoms with Crippen molar-refractivity contribution in [3.05, 3.63) is 48.0 Å². The van der Waals surface area contributed by atoms with Crippen molar-refractivity contribution in [3.8, 4) is 22.8 Å². The molecule has 0 aliphatic rings. The summed E-state index contributed by atoms with van der Waals surface area (Å²) in [7, 11) is 3.16. The molecule has 106 valence electrons. The predicted octanol–water partition coefficient (Wildman–Crippen LogP) is 3.93. The first-order valence-corrected chi connectivity index (χ1v) is 6.47. The van der Waals surface area contributed by atoms with Gasteiger partial charge in [0, 0.05) is 10.9 Å². The van der Waals surface area contributed by atoms with Gasteiger partial charge in [0.15, 0.2) is 6.29 Å². The Hall–Kier alpha value is -2.75. The van der Waals surface area contributed by atoms with Crippen molar-refractivity contribution in [3.63, 3.8) is 0 Å². The number of carbonyl (C=O) groups is 1. The first kappa shape index (κ1) is 13.2. The average molecular weight is 282 g/mol. The quantitative estimate of drug-likeness (QED) is 0.680. The molecule has 0 amide bonds. The summed E-state index contributed by atoms with van der Waals surface area (Å²) in [5.41, 5.74) is 2.07. The fourth-order valence-corrected chi connectivity index (χ4v) is 2.31. The Morgan fingerprint density at radius 2 is 1.76 bits per heavy atom. The molecule has 0 saturated carbocycles. The molecule has 0 spiro atoms. The summed E-state index contributed by atoms with van der Waals surface area (Å²) in [6.45, 7) is 0. The maximum Gasteiger partial charge on any atom is 0.154 e. The smallest absolute Gasteiger partial charge is 0.154 e. The Balaban J connectivity index is 2.13. The van der Waals surface area contributed by atoms with E-state index < -0.39 is 0 Å². The van der Waals surface area contributed by atoms with Gasteiger partial charge in [-0.2, -0.15) is 0 Å². The second-order valence-electron chi connectivity index (χ2n) is 4.55. The third-order valence-corrected chi connectivity index (χ3v) is 3.41. The largest absolute Gasteiger partial charge is 0.497 e. The van der Waals surface area contributed by atoms with Gasteiger partial charge in [0.1, 0.15) is 22.8 Å². The molecule has 0 radical (unpaired) electrons. The lowest BCUT2D eigenvalue weighted by atomic mass is 10.1. The van der Waals surface area contributed by atoms with Crippen LogP contribution in [0.4, 0.5) is 0 Å². The maximum absolute atomic E-state index is 11.3. The highest BCUT2D eigenvalue weighted by atomic mass is 16.5. The van der Waals surface area contributed by atoms with E-state index in [1.807, 2.05) is 30.3 Å². The Bertz CT molecular complexity index is 784. The summed E-state index contributed by atoms with van der Waals surface area (Å²) < 4.78 is 16.2. The van der Waals surface area contributed by atoms with Crippen LogP contribution < -0.4 is 9.47 Å². The van der Waals surface area contributed by atoms with Gasteiger partial charge in [-0.1, -0.05) is 0 Å². The van der Waals surface area contributed by atoms with Gasteiger partial charge in [0.2, 0.25) is 0 Å². The summed E-state index contributed by atoms with van der Waals surface area (Å²) in [6.07, 6.45) is 0.786. The van der Waals surface area contributed by atoms with Gasteiger partial charge in [0.05, 0.1) is 19.8 Å². The number of rotatable bonds is 4. The summed E-state index contributed by atoms with van der Waals surface area (Å²) in [6, 6.07) is 12.9. The monoisotopic (exact) mass is 282 g/mol. The number of hydrogen-bond donors (Lipinski definition) is 0. The average Bonchev–Trinajstić information content (AvgIpc) is 2.97. The van der Waals surface area contributed by atoms with Gasteiger partial charge in [-0.15, -0.1) is 0 Å². The number of ether oxygens (including phenoxy) is 2. The van der Waals surface area contributed by atoms with Crippen LogP contribution in [0.1, 0.15) is 10.4 Å². The molecule has 0 N–H and O–H groups in total. The number of hydrogen-bond acceptors (Lipinski definition) is 4. The Labute approximate surface area is 121 Å². The highest BCUT2D eigenvalue weighted by molar-refractivity contribution is 6.00. The summed E-state index contributed by atoms with van der Waals surface area (Å²) >= 11 is 0. The second-order valence-corrected chi connectivity index (χ2v) is 4.55. The van der Waals surface area contributed by atoms with E-state index in [1.54, 1.807) is 26.4 Å². The third-order valence-electron chi connectivity index (χ3n) is 3.41.